The lowest BCUT2D eigenvalue weighted by Crippen LogP contribution is -2.17. The molecule has 0 saturated carbocycles. The van der Waals surface area contributed by atoms with E-state index in [-0.39, 0.29) is 9.19 Å². The van der Waals surface area contributed by atoms with Crippen LogP contribution in [0.3, 0.4) is 0 Å². The summed E-state index contributed by atoms with van der Waals surface area (Å²) in [7, 11) is 0. The Balaban J connectivity index is 1.84. The van der Waals surface area contributed by atoms with Crippen molar-refractivity contribution in [3.63, 3.8) is 0 Å². The molecule has 2 aromatic rings. The first-order valence-corrected chi connectivity index (χ1v) is 10.7. The summed E-state index contributed by atoms with van der Waals surface area (Å²) < 4.78 is -0.0833. The predicted molar refractivity (Wildman–Crippen MR) is 110 cm³/mol. The van der Waals surface area contributed by atoms with E-state index >= 15 is 0 Å². The molecule has 1 saturated heterocycles. The Morgan fingerprint density at radius 1 is 1.12 bits per heavy atom. The lowest BCUT2D eigenvalue weighted by molar-refractivity contribution is -0.107. The van der Waals surface area contributed by atoms with Gasteiger partial charge in [-0.15, -0.1) is 23.5 Å². The lowest BCUT2D eigenvalue weighted by atomic mass is 10.0. The number of rotatable bonds is 5. The Morgan fingerprint density at radius 2 is 1.67 bits per heavy atom. The molecule has 124 valence electrons. The molecule has 3 rings (SSSR count). The average Bonchev–Trinajstić information content (AvgIpc) is 3.06. The normalized spacial score (nSPS) is 19.1. The number of carbonyl (C=O) groups excluding carboxylic acids is 1. The van der Waals surface area contributed by atoms with Crippen LogP contribution in [0.2, 0.25) is 0 Å². The number of hydrogen-bond acceptors (Lipinski definition) is 4. The second-order valence-corrected chi connectivity index (χ2v) is 9.78. The maximum absolute atomic E-state index is 11.8. The summed E-state index contributed by atoms with van der Waals surface area (Å²) in [6.45, 7) is 5.52. The van der Waals surface area contributed by atoms with Gasteiger partial charge in [0.2, 0.25) is 5.12 Å². The molecule has 1 heterocycles. The van der Waals surface area contributed by atoms with Crippen LogP contribution >= 0.6 is 35.3 Å². The van der Waals surface area contributed by atoms with E-state index in [9.17, 15) is 4.79 Å². The van der Waals surface area contributed by atoms with Gasteiger partial charge in [0, 0.05) is 16.8 Å². The van der Waals surface area contributed by atoms with Crippen LogP contribution in [0.15, 0.2) is 72.8 Å². The Bertz CT molecular complexity index is 673. The summed E-state index contributed by atoms with van der Waals surface area (Å²) in [5, 5.41) is 0.557. The van der Waals surface area contributed by atoms with Crippen molar-refractivity contribution >= 4 is 40.4 Å². The van der Waals surface area contributed by atoms with Crippen molar-refractivity contribution < 1.29 is 4.79 Å². The third-order valence-electron chi connectivity index (χ3n) is 3.86. The third kappa shape index (κ3) is 3.76. The van der Waals surface area contributed by atoms with E-state index in [1.165, 1.54) is 22.9 Å². The Kier molecular flexibility index (Phi) is 5.80. The smallest absolute Gasteiger partial charge is 0.214 e. The van der Waals surface area contributed by atoms with Crippen molar-refractivity contribution in [2.75, 3.05) is 11.5 Å². The summed E-state index contributed by atoms with van der Waals surface area (Å²) in [5.74, 6) is 1.88. The zero-order valence-corrected chi connectivity index (χ0v) is 16.1. The molecule has 4 heteroatoms. The van der Waals surface area contributed by atoms with Gasteiger partial charge in [0.25, 0.3) is 0 Å². The largest absolute Gasteiger partial charge is 0.282 e. The topological polar surface area (TPSA) is 17.1 Å². The van der Waals surface area contributed by atoms with Crippen LogP contribution in [0.25, 0.3) is 0 Å². The fourth-order valence-electron chi connectivity index (χ4n) is 2.67. The molecule has 1 aliphatic heterocycles. The summed E-state index contributed by atoms with van der Waals surface area (Å²) >= 11 is 5.36. The van der Waals surface area contributed by atoms with Crippen LogP contribution < -0.4 is 0 Å². The number of benzene rings is 2. The number of carbonyl (C=O) groups is 1. The van der Waals surface area contributed by atoms with Gasteiger partial charge in [0.15, 0.2) is 0 Å². The molecular formula is C20H20OS3. The Hall–Kier alpha value is -1.10. The molecule has 0 aromatic heterocycles. The minimum absolute atomic E-state index is 0.0833. The molecule has 24 heavy (non-hydrogen) atoms. The van der Waals surface area contributed by atoms with Gasteiger partial charge >= 0.3 is 0 Å². The fraction of sp³-hybridized carbons (Fsp3) is 0.250. The van der Waals surface area contributed by atoms with E-state index in [0.717, 1.165) is 11.5 Å². The quantitative estimate of drug-likeness (QED) is 0.638. The fourth-order valence-corrected chi connectivity index (χ4v) is 7.52. The summed E-state index contributed by atoms with van der Waals surface area (Å²) in [6.07, 6.45) is 0. The average molecular weight is 373 g/mol. The maximum atomic E-state index is 11.8. The van der Waals surface area contributed by atoms with Gasteiger partial charge in [0.1, 0.15) is 4.08 Å². The molecule has 1 atom stereocenters. The highest BCUT2D eigenvalue weighted by molar-refractivity contribution is 8.22. The van der Waals surface area contributed by atoms with Crippen LogP contribution in [0.1, 0.15) is 18.1 Å². The second-order valence-electron chi connectivity index (χ2n) is 5.78. The first-order valence-electron chi connectivity index (χ1n) is 7.87. The molecule has 1 nitrogen and oxygen atoms in total. The molecule has 0 radical (unpaired) electrons. The van der Waals surface area contributed by atoms with Gasteiger partial charge in [-0.25, -0.2) is 0 Å². The molecule has 1 aliphatic rings. The number of thioether (sulfide) groups is 3. The van der Waals surface area contributed by atoms with Crippen molar-refractivity contribution in [2.45, 2.75) is 16.3 Å². The first-order chi connectivity index (χ1) is 11.6. The van der Waals surface area contributed by atoms with Crippen LogP contribution in [0.5, 0.6) is 0 Å². The van der Waals surface area contributed by atoms with Crippen molar-refractivity contribution in [2.24, 2.45) is 0 Å². The van der Waals surface area contributed by atoms with E-state index in [2.05, 4.69) is 67.2 Å². The third-order valence-corrected chi connectivity index (χ3v) is 9.02. The van der Waals surface area contributed by atoms with E-state index in [1.54, 1.807) is 6.92 Å². The highest BCUT2D eigenvalue weighted by atomic mass is 32.2. The summed E-state index contributed by atoms with van der Waals surface area (Å²) in [6, 6.07) is 21.4. The highest BCUT2D eigenvalue weighted by Crippen LogP contribution is 2.59. The van der Waals surface area contributed by atoms with Crippen molar-refractivity contribution in [3.8, 4) is 0 Å². The van der Waals surface area contributed by atoms with E-state index in [1.807, 2.05) is 23.5 Å². The molecular weight excluding hydrogens is 352 g/mol. The Labute approximate surface area is 156 Å². The van der Waals surface area contributed by atoms with Gasteiger partial charge in [-0.3, -0.25) is 4.79 Å². The van der Waals surface area contributed by atoms with Gasteiger partial charge in [-0.05, 0) is 23.6 Å². The van der Waals surface area contributed by atoms with Gasteiger partial charge in [-0.1, -0.05) is 79.0 Å². The van der Waals surface area contributed by atoms with E-state index in [0.29, 0.717) is 10.8 Å². The lowest BCUT2D eigenvalue weighted by Gasteiger charge is -2.29. The van der Waals surface area contributed by atoms with Crippen LogP contribution in [-0.4, -0.2) is 21.9 Å². The minimum atomic E-state index is -0.0833. The standard InChI is InChI=1S/C20H20OS3/c1-15(2)19(21)22-13-18-14-23-20(24-18,16-9-5-3-6-10-16)17-11-7-4-8-12-17/h3-12,18H,1,13-14H2,2H3. The molecule has 0 bridgehead atoms. The van der Waals surface area contributed by atoms with Crippen LogP contribution in [0.4, 0.5) is 0 Å². The zero-order chi connectivity index (χ0) is 17.0. The zero-order valence-electron chi connectivity index (χ0n) is 13.6. The minimum Gasteiger partial charge on any atom is -0.282 e. The SMILES string of the molecule is C=C(C)C(=O)SCC1CSC(c2ccccc2)(c2ccccc2)S1. The molecule has 0 N–H and O–H groups in total. The molecule has 0 spiro atoms. The maximum Gasteiger partial charge on any atom is 0.214 e. The first kappa shape index (κ1) is 17.7. The molecule has 1 unspecified atom stereocenters. The highest BCUT2D eigenvalue weighted by Gasteiger charge is 2.43. The van der Waals surface area contributed by atoms with Gasteiger partial charge in [-0.2, -0.15) is 0 Å². The van der Waals surface area contributed by atoms with Crippen LogP contribution in [0, 0.1) is 0 Å². The number of hydrogen-bond donors (Lipinski definition) is 0. The van der Waals surface area contributed by atoms with E-state index in [4.69, 9.17) is 0 Å². The predicted octanol–water partition coefficient (Wildman–Crippen LogP) is 5.57. The van der Waals surface area contributed by atoms with Gasteiger partial charge < -0.3 is 0 Å². The molecule has 1 fully saturated rings. The Morgan fingerprint density at radius 3 is 2.17 bits per heavy atom. The van der Waals surface area contributed by atoms with Crippen molar-refractivity contribution in [1.29, 1.82) is 0 Å². The van der Waals surface area contributed by atoms with Gasteiger partial charge in [0.05, 0.1) is 0 Å². The molecule has 0 aliphatic carbocycles. The van der Waals surface area contributed by atoms with E-state index < -0.39 is 0 Å². The van der Waals surface area contributed by atoms with Crippen molar-refractivity contribution in [3.05, 3.63) is 83.9 Å². The van der Waals surface area contributed by atoms with Crippen LogP contribution in [-0.2, 0) is 8.87 Å². The molecule has 0 amide bonds. The second kappa shape index (κ2) is 7.85. The summed E-state index contributed by atoms with van der Waals surface area (Å²) in [5.41, 5.74) is 3.28. The monoisotopic (exact) mass is 372 g/mol. The molecule has 2 aromatic carbocycles. The van der Waals surface area contributed by atoms with Crippen molar-refractivity contribution in [1.82, 2.24) is 0 Å². The summed E-state index contributed by atoms with van der Waals surface area (Å²) in [4.78, 5) is 11.8.